The zero-order chi connectivity index (χ0) is 12.0. The number of carbonyl (C=O) groups excluding carboxylic acids is 1. The molecular weight excluding hydrogens is 253 g/mol. The van der Waals surface area contributed by atoms with E-state index in [1.807, 2.05) is 6.07 Å². The molecule has 0 saturated carbocycles. The van der Waals surface area contributed by atoms with E-state index in [4.69, 9.17) is 28.9 Å². The summed E-state index contributed by atoms with van der Waals surface area (Å²) in [7, 11) is 0. The molecule has 7 heteroatoms. The Kier molecular flexibility index (Phi) is 4.88. The van der Waals surface area contributed by atoms with E-state index < -0.39 is 10.9 Å². The number of carbonyl (C=O) groups is 1. The molecule has 0 atom stereocenters. The van der Waals surface area contributed by atoms with E-state index in [-0.39, 0.29) is 5.84 Å². The number of benzene rings is 1. The molecule has 16 heavy (non-hydrogen) atoms. The van der Waals surface area contributed by atoms with Crippen molar-refractivity contribution in [3.05, 3.63) is 30.3 Å². The van der Waals surface area contributed by atoms with Crippen LogP contribution in [0.15, 0.2) is 35.5 Å². The Bertz CT molecular complexity index is 382. The topological polar surface area (TPSA) is 76.7 Å². The predicted octanol–water partition coefficient (Wildman–Crippen LogP) is 2.31. The van der Waals surface area contributed by atoms with Crippen LogP contribution in [0.3, 0.4) is 0 Å². The van der Waals surface area contributed by atoms with Crippen molar-refractivity contribution in [1.82, 2.24) is 0 Å². The summed E-state index contributed by atoms with van der Waals surface area (Å²) in [6.07, 6.45) is -0.775. The lowest BCUT2D eigenvalue weighted by Crippen LogP contribution is -2.21. The molecule has 0 bridgehead atoms. The second-order valence-corrected chi connectivity index (χ2v) is 3.78. The van der Waals surface area contributed by atoms with E-state index in [1.54, 1.807) is 24.3 Å². The van der Waals surface area contributed by atoms with Gasteiger partial charge in [-0.2, -0.15) is 0 Å². The number of amides is 1. The van der Waals surface area contributed by atoms with Gasteiger partial charge >= 0.3 is 6.09 Å². The van der Waals surface area contributed by atoms with Gasteiger partial charge in [0.25, 0.3) is 0 Å². The number of nitrogens with two attached hydrogens (primary N) is 1. The van der Waals surface area contributed by atoms with Gasteiger partial charge in [-0.3, -0.25) is 10.2 Å². The van der Waals surface area contributed by atoms with Gasteiger partial charge in [-0.25, -0.2) is 4.79 Å². The average molecular weight is 262 g/mol. The lowest BCUT2D eigenvalue weighted by Gasteiger charge is -2.03. The fraction of sp³-hybridized carbons (Fsp3) is 0.111. The van der Waals surface area contributed by atoms with Crippen molar-refractivity contribution in [2.45, 2.75) is 4.84 Å². The van der Waals surface area contributed by atoms with Crippen LogP contribution >= 0.6 is 23.2 Å². The Labute approximate surface area is 102 Å². The molecule has 0 aliphatic carbocycles. The number of hydrogen-bond donors (Lipinski definition) is 2. The molecule has 0 fully saturated rings. The van der Waals surface area contributed by atoms with Crippen molar-refractivity contribution >= 4 is 40.8 Å². The van der Waals surface area contributed by atoms with Crippen LogP contribution in [0.4, 0.5) is 10.5 Å². The van der Waals surface area contributed by atoms with Gasteiger partial charge in [0.05, 0.1) is 0 Å². The Morgan fingerprint density at radius 1 is 1.38 bits per heavy atom. The van der Waals surface area contributed by atoms with Gasteiger partial charge < -0.3 is 5.73 Å². The summed E-state index contributed by atoms with van der Waals surface area (Å²) in [6, 6.07) is 8.74. The first-order valence-electron chi connectivity index (χ1n) is 4.24. The first-order chi connectivity index (χ1) is 7.59. The van der Waals surface area contributed by atoms with Crippen LogP contribution in [0.1, 0.15) is 0 Å². The number of nitrogens with zero attached hydrogens (tertiary/aromatic N) is 1. The zero-order valence-corrected chi connectivity index (χ0v) is 9.57. The smallest absolute Gasteiger partial charge is 0.382 e. The van der Waals surface area contributed by atoms with Gasteiger partial charge in [0.1, 0.15) is 0 Å². The summed E-state index contributed by atoms with van der Waals surface area (Å²) >= 11 is 10.7. The highest BCUT2D eigenvalue weighted by Gasteiger charge is 2.07. The molecule has 0 saturated heterocycles. The predicted molar refractivity (Wildman–Crippen MR) is 63.7 cm³/mol. The number of hydrogen-bond acceptors (Lipinski definition) is 3. The minimum Gasteiger partial charge on any atom is -0.382 e. The standard InChI is InChI=1S/C9H9Cl2N3O2/c10-7(11)8(12)14-16-9(15)13-6-4-2-1-3-5-6/h1-5,7H,(H2,12,14)(H,13,15). The molecule has 5 nitrogen and oxygen atoms in total. The summed E-state index contributed by atoms with van der Waals surface area (Å²) < 4.78 is 0. The molecule has 1 rings (SSSR count). The first kappa shape index (κ1) is 12.6. The van der Waals surface area contributed by atoms with Crippen molar-refractivity contribution < 1.29 is 9.63 Å². The lowest BCUT2D eigenvalue weighted by molar-refractivity contribution is 0.166. The number of rotatable bonds is 3. The number of amidine groups is 1. The molecule has 0 aliphatic rings. The molecular formula is C9H9Cl2N3O2. The van der Waals surface area contributed by atoms with Gasteiger partial charge in [-0.15, -0.1) is 0 Å². The molecule has 1 aromatic rings. The van der Waals surface area contributed by atoms with Crippen LogP contribution in [-0.2, 0) is 4.84 Å². The Morgan fingerprint density at radius 3 is 2.56 bits per heavy atom. The van der Waals surface area contributed by atoms with Crippen LogP contribution < -0.4 is 11.1 Å². The second-order valence-electron chi connectivity index (χ2n) is 2.69. The normalized spacial score (nSPS) is 11.3. The van der Waals surface area contributed by atoms with E-state index >= 15 is 0 Å². The van der Waals surface area contributed by atoms with Crippen molar-refractivity contribution in [2.24, 2.45) is 10.9 Å². The number of anilines is 1. The molecule has 0 unspecified atom stereocenters. The summed E-state index contributed by atoms with van der Waals surface area (Å²) in [5.74, 6) is -0.188. The van der Waals surface area contributed by atoms with E-state index in [9.17, 15) is 4.79 Å². The first-order valence-corrected chi connectivity index (χ1v) is 5.11. The molecule has 0 aromatic heterocycles. The third kappa shape index (κ3) is 4.37. The number of halogens is 2. The molecule has 0 heterocycles. The van der Waals surface area contributed by atoms with Crippen molar-refractivity contribution in [1.29, 1.82) is 0 Å². The van der Waals surface area contributed by atoms with Gasteiger partial charge in [-0.1, -0.05) is 46.6 Å². The van der Waals surface area contributed by atoms with Gasteiger partial charge in [0, 0.05) is 5.69 Å². The number of nitrogens with one attached hydrogen (secondary N) is 1. The maximum absolute atomic E-state index is 11.2. The number of oxime groups is 1. The fourth-order valence-corrected chi connectivity index (χ4v) is 0.876. The Hall–Kier alpha value is -1.46. The summed E-state index contributed by atoms with van der Waals surface area (Å²) in [5.41, 5.74) is 5.82. The highest BCUT2D eigenvalue weighted by Crippen LogP contribution is 2.06. The molecule has 1 aromatic carbocycles. The minimum atomic E-state index is -1.01. The third-order valence-corrected chi connectivity index (χ3v) is 1.92. The second kappa shape index (κ2) is 6.19. The quantitative estimate of drug-likeness (QED) is 0.288. The van der Waals surface area contributed by atoms with Crippen LogP contribution in [0.5, 0.6) is 0 Å². The Balaban J connectivity index is 2.46. The molecule has 3 N–H and O–H groups in total. The summed E-state index contributed by atoms with van der Waals surface area (Å²) in [4.78, 5) is 14.6. The highest BCUT2D eigenvalue weighted by atomic mass is 35.5. The number of para-hydroxylation sites is 1. The maximum Gasteiger partial charge on any atom is 0.437 e. The van der Waals surface area contributed by atoms with E-state index in [1.165, 1.54) is 0 Å². The van der Waals surface area contributed by atoms with Crippen LogP contribution in [0.2, 0.25) is 0 Å². The minimum absolute atomic E-state index is 0.188. The monoisotopic (exact) mass is 261 g/mol. The van der Waals surface area contributed by atoms with E-state index in [0.717, 1.165) is 0 Å². The molecule has 0 radical (unpaired) electrons. The molecule has 0 spiro atoms. The van der Waals surface area contributed by atoms with Gasteiger partial charge in [-0.05, 0) is 12.1 Å². The lowest BCUT2D eigenvalue weighted by atomic mass is 10.3. The van der Waals surface area contributed by atoms with Crippen molar-refractivity contribution in [2.75, 3.05) is 5.32 Å². The third-order valence-electron chi connectivity index (χ3n) is 1.48. The Morgan fingerprint density at radius 2 is 2.00 bits per heavy atom. The van der Waals surface area contributed by atoms with E-state index in [0.29, 0.717) is 5.69 Å². The van der Waals surface area contributed by atoms with E-state index in [2.05, 4.69) is 15.3 Å². The van der Waals surface area contributed by atoms with Crippen molar-refractivity contribution in [3.63, 3.8) is 0 Å². The fourth-order valence-electron chi connectivity index (χ4n) is 0.796. The highest BCUT2D eigenvalue weighted by molar-refractivity contribution is 6.54. The van der Waals surface area contributed by atoms with Crippen LogP contribution in [-0.4, -0.2) is 16.8 Å². The van der Waals surface area contributed by atoms with Gasteiger partial charge in [0.2, 0.25) is 0 Å². The molecule has 0 aliphatic heterocycles. The zero-order valence-electron chi connectivity index (χ0n) is 8.06. The van der Waals surface area contributed by atoms with Gasteiger partial charge in [0.15, 0.2) is 10.7 Å². The largest absolute Gasteiger partial charge is 0.437 e. The summed E-state index contributed by atoms with van der Waals surface area (Å²) in [5, 5.41) is 5.66. The molecule has 1 amide bonds. The van der Waals surface area contributed by atoms with Crippen molar-refractivity contribution in [3.8, 4) is 0 Å². The maximum atomic E-state index is 11.2. The molecule has 86 valence electrons. The number of alkyl halides is 2. The summed E-state index contributed by atoms with van der Waals surface area (Å²) in [6.45, 7) is 0. The van der Waals surface area contributed by atoms with Crippen LogP contribution in [0, 0.1) is 0 Å². The van der Waals surface area contributed by atoms with Crippen LogP contribution in [0.25, 0.3) is 0 Å². The SMILES string of the molecule is NC(=NOC(=O)Nc1ccccc1)C(Cl)Cl. The average Bonchev–Trinajstić information content (AvgIpc) is 2.27.